The van der Waals surface area contributed by atoms with Gasteiger partial charge in [-0.15, -0.1) is 0 Å². The zero-order valence-electron chi connectivity index (χ0n) is 19.4. The second-order valence-corrected chi connectivity index (χ2v) is 10.5. The highest BCUT2D eigenvalue weighted by atomic mass is 32.2. The lowest BCUT2D eigenvalue weighted by Gasteiger charge is -2.33. The topological polar surface area (TPSA) is 96.2 Å². The van der Waals surface area contributed by atoms with Crippen molar-refractivity contribution in [1.29, 1.82) is 0 Å². The van der Waals surface area contributed by atoms with Crippen LogP contribution in [0.3, 0.4) is 0 Å². The monoisotopic (exact) mass is 444 g/mol. The standard InChI is InChI=1S/C24H36N4O2S/c1-6-30-19(29)13-14-31-22-27-20(23(2,3)25)21(24(4,5)26)28(22)18-12-11-16-9-7-8-10-17(16)15-18/h7-10,18H,6,11-15,25-26H2,1-5H3. The fourth-order valence-corrected chi connectivity index (χ4v) is 5.26. The van der Waals surface area contributed by atoms with Crippen molar-refractivity contribution in [3.05, 3.63) is 46.8 Å². The van der Waals surface area contributed by atoms with Crippen LogP contribution in [0.1, 0.15) is 76.0 Å². The maximum atomic E-state index is 11.8. The van der Waals surface area contributed by atoms with Gasteiger partial charge >= 0.3 is 5.97 Å². The van der Waals surface area contributed by atoms with Gasteiger partial charge in [-0.1, -0.05) is 36.0 Å². The summed E-state index contributed by atoms with van der Waals surface area (Å²) in [5, 5.41) is 0.885. The summed E-state index contributed by atoms with van der Waals surface area (Å²) in [4.78, 5) is 16.8. The van der Waals surface area contributed by atoms with Crippen LogP contribution < -0.4 is 11.5 Å². The molecule has 0 fully saturated rings. The molecular formula is C24H36N4O2S. The number of aryl methyl sites for hydroxylation is 1. The zero-order chi connectivity index (χ0) is 22.8. The third kappa shape index (κ3) is 5.51. The molecule has 0 aliphatic heterocycles. The third-order valence-corrected chi connectivity index (χ3v) is 6.58. The van der Waals surface area contributed by atoms with Crippen LogP contribution in [0, 0.1) is 0 Å². The number of esters is 1. The number of imidazole rings is 1. The van der Waals surface area contributed by atoms with Crippen LogP contribution in [0.25, 0.3) is 0 Å². The predicted molar refractivity (Wildman–Crippen MR) is 126 cm³/mol. The molecule has 7 heteroatoms. The van der Waals surface area contributed by atoms with E-state index in [-0.39, 0.29) is 12.0 Å². The summed E-state index contributed by atoms with van der Waals surface area (Å²) in [6.45, 7) is 10.2. The van der Waals surface area contributed by atoms with Crippen molar-refractivity contribution in [3.63, 3.8) is 0 Å². The van der Waals surface area contributed by atoms with E-state index in [4.69, 9.17) is 21.2 Å². The minimum Gasteiger partial charge on any atom is -0.466 e. The molecule has 0 saturated heterocycles. The van der Waals surface area contributed by atoms with Crippen molar-refractivity contribution >= 4 is 17.7 Å². The van der Waals surface area contributed by atoms with E-state index in [1.54, 1.807) is 11.8 Å². The number of rotatable bonds is 8. The van der Waals surface area contributed by atoms with E-state index < -0.39 is 11.1 Å². The fourth-order valence-electron chi connectivity index (χ4n) is 4.28. The van der Waals surface area contributed by atoms with Gasteiger partial charge in [-0.05, 0) is 65.0 Å². The molecule has 1 aliphatic carbocycles. The van der Waals surface area contributed by atoms with Crippen molar-refractivity contribution in [2.24, 2.45) is 11.5 Å². The fraction of sp³-hybridized carbons (Fsp3) is 0.583. The quantitative estimate of drug-likeness (QED) is 0.471. The van der Waals surface area contributed by atoms with Crippen molar-refractivity contribution in [2.45, 2.75) is 82.6 Å². The molecule has 0 amide bonds. The van der Waals surface area contributed by atoms with Gasteiger partial charge in [0.05, 0.1) is 35.5 Å². The number of benzene rings is 1. The summed E-state index contributed by atoms with van der Waals surface area (Å²) in [7, 11) is 0. The van der Waals surface area contributed by atoms with Crippen LogP contribution >= 0.6 is 11.8 Å². The Morgan fingerprint density at radius 2 is 1.87 bits per heavy atom. The number of fused-ring (bicyclic) bond motifs is 1. The number of hydrogen-bond donors (Lipinski definition) is 2. The smallest absolute Gasteiger partial charge is 0.306 e. The van der Waals surface area contributed by atoms with Gasteiger partial charge in [-0.25, -0.2) is 4.98 Å². The molecule has 1 aromatic heterocycles. The van der Waals surface area contributed by atoms with Gasteiger partial charge in [0, 0.05) is 11.8 Å². The summed E-state index contributed by atoms with van der Waals surface area (Å²) < 4.78 is 7.40. The highest BCUT2D eigenvalue weighted by molar-refractivity contribution is 7.99. The molecule has 170 valence electrons. The summed E-state index contributed by atoms with van der Waals surface area (Å²) in [5.41, 5.74) is 16.6. The summed E-state index contributed by atoms with van der Waals surface area (Å²) in [6.07, 6.45) is 3.33. The van der Waals surface area contributed by atoms with Crippen molar-refractivity contribution in [1.82, 2.24) is 9.55 Å². The van der Waals surface area contributed by atoms with Crippen LogP contribution in [0.15, 0.2) is 29.4 Å². The summed E-state index contributed by atoms with van der Waals surface area (Å²) in [5.74, 6) is 0.423. The van der Waals surface area contributed by atoms with Gasteiger partial charge in [-0.3, -0.25) is 4.79 Å². The minimum absolute atomic E-state index is 0.182. The average molecular weight is 445 g/mol. The predicted octanol–water partition coefficient (Wildman–Crippen LogP) is 4.05. The Bertz CT molecular complexity index is 925. The first-order valence-electron chi connectivity index (χ1n) is 11.1. The molecule has 0 radical (unpaired) electrons. The number of carbonyl (C=O) groups excluding carboxylic acids is 1. The molecule has 0 saturated carbocycles. The van der Waals surface area contributed by atoms with Gasteiger partial charge < -0.3 is 20.8 Å². The van der Waals surface area contributed by atoms with Crippen molar-refractivity contribution < 1.29 is 9.53 Å². The van der Waals surface area contributed by atoms with Crippen LogP contribution in [0.4, 0.5) is 0 Å². The highest BCUT2D eigenvalue weighted by Gasteiger charge is 2.36. The second-order valence-electron chi connectivity index (χ2n) is 9.47. The molecule has 6 nitrogen and oxygen atoms in total. The molecule has 31 heavy (non-hydrogen) atoms. The van der Waals surface area contributed by atoms with Crippen LogP contribution in [-0.2, 0) is 33.5 Å². The van der Waals surface area contributed by atoms with E-state index in [9.17, 15) is 4.79 Å². The Morgan fingerprint density at radius 3 is 2.48 bits per heavy atom. The van der Waals surface area contributed by atoms with Gasteiger partial charge in [0.2, 0.25) is 0 Å². The van der Waals surface area contributed by atoms with Gasteiger partial charge in [0.1, 0.15) is 0 Å². The second kappa shape index (κ2) is 9.35. The molecule has 3 rings (SSSR count). The molecule has 1 heterocycles. The third-order valence-electron chi connectivity index (χ3n) is 5.63. The molecular weight excluding hydrogens is 408 g/mol. The SMILES string of the molecule is CCOC(=O)CCSc1nc(C(C)(C)N)c(C(C)(C)N)n1C1CCc2ccccc2C1. The number of thioether (sulfide) groups is 1. The Hall–Kier alpha value is -1.83. The Balaban J connectivity index is 2.01. The van der Waals surface area contributed by atoms with Gasteiger partial charge in [0.25, 0.3) is 0 Å². The lowest BCUT2D eigenvalue weighted by atomic mass is 9.86. The molecule has 1 unspecified atom stereocenters. The number of nitrogens with zero attached hydrogens (tertiary/aromatic N) is 2. The Kier molecular flexibility index (Phi) is 7.18. The number of aromatic nitrogens is 2. The minimum atomic E-state index is -0.625. The lowest BCUT2D eigenvalue weighted by Crippen LogP contribution is -2.39. The lowest BCUT2D eigenvalue weighted by molar-refractivity contribution is -0.142. The van der Waals surface area contributed by atoms with E-state index in [1.165, 1.54) is 11.1 Å². The normalized spacial score (nSPS) is 16.8. The van der Waals surface area contributed by atoms with E-state index in [2.05, 4.69) is 28.8 Å². The largest absolute Gasteiger partial charge is 0.466 e. The van der Waals surface area contributed by atoms with Gasteiger partial charge in [0.15, 0.2) is 5.16 Å². The number of carbonyl (C=O) groups is 1. The molecule has 4 N–H and O–H groups in total. The molecule has 0 bridgehead atoms. The maximum Gasteiger partial charge on any atom is 0.306 e. The van der Waals surface area contributed by atoms with Crippen LogP contribution in [0.2, 0.25) is 0 Å². The molecule has 0 spiro atoms. The Morgan fingerprint density at radius 1 is 1.19 bits per heavy atom. The average Bonchev–Trinajstić information content (AvgIpc) is 3.08. The highest BCUT2D eigenvalue weighted by Crippen LogP contribution is 2.39. The number of nitrogens with two attached hydrogens (primary N) is 2. The maximum absolute atomic E-state index is 11.8. The molecule has 1 aliphatic rings. The van der Waals surface area contributed by atoms with Crippen LogP contribution in [-0.4, -0.2) is 27.9 Å². The zero-order valence-corrected chi connectivity index (χ0v) is 20.2. The van der Waals surface area contributed by atoms with E-state index in [1.807, 2.05) is 34.6 Å². The number of hydrogen-bond acceptors (Lipinski definition) is 6. The van der Waals surface area contributed by atoms with E-state index in [0.717, 1.165) is 35.8 Å². The van der Waals surface area contributed by atoms with Crippen LogP contribution in [0.5, 0.6) is 0 Å². The first kappa shape index (κ1) is 23.8. The first-order chi connectivity index (χ1) is 14.5. The first-order valence-corrected chi connectivity index (χ1v) is 12.1. The molecule has 1 aromatic carbocycles. The van der Waals surface area contributed by atoms with E-state index >= 15 is 0 Å². The number of ether oxygens (including phenoxy) is 1. The molecule has 1 atom stereocenters. The Labute approximate surface area is 190 Å². The van der Waals surface area contributed by atoms with Gasteiger partial charge in [-0.2, -0.15) is 0 Å². The van der Waals surface area contributed by atoms with E-state index in [0.29, 0.717) is 18.8 Å². The van der Waals surface area contributed by atoms with Crippen molar-refractivity contribution in [2.75, 3.05) is 12.4 Å². The summed E-state index contributed by atoms with van der Waals surface area (Å²) >= 11 is 1.58. The van der Waals surface area contributed by atoms with Crippen molar-refractivity contribution in [3.8, 4) is 0 Å². The summed E-state index contributed by atoms with van der Waals surface area (Å²) in [6, 6.07) is 8.90. The molecule has 2 aromatic rings.